The summed E-state index contributed by atoms with van der Waals surface area (Å²) in [7, 11) is -3.77. The molecule has 2 rings (SSSR count). The van der Waals surface area contributed by atoms with Crippen LogP contribution in [0.5, 0.6) is 0 Å². The molecule has 0 fully saturated rings. The van der Waals surface area contributed by atoms with Crippen LogP contribution in [0.4, 0.5) is 5.69 Å². The van der Waals surface area contributed by atoms with E-state index in [1.165, 1.54) is 6.07 Å². The van der Waals surface area contributed by atoms with Crippen LogP contribution in [0.15, 0.2) is 47.4 Å². The number of carbonyl (C=O) groups is 1. The molecule has 0 spiro atoms. The molecule has 1 heterocycles. The van der Waals surface area contributed by atoms with E-state index in [9.17, 15) is 13.2 Å². The van der Waals surface area contributed by atoms with Gasteiger partial charge in [-0.25, -0.2) is 18.1 Å². The lowest BCUT2D eigenvalue weighted by Crippen LogP contribution is -2.40. The SMILES string of the molecule is Cc1cccc(C(=O)Nc2ccccc2S(=O)(=O)NC(C)(C)C)n1. The monoisotopic (exact) mass is 347 g/mol. The molecule has 1 aromatic heterocycles. The number of para-hydroxylation sites is 1. The van der Waals surface area contributed by atoms with E-state index in [1.807, 2.05) is 0 Å². The molecule has 2 N–H and O–H groups in total. The second-order valence-electron chi connectivity index (χ2n) is 6.47. The summed E-state index contributed by atoms with van der Waals surface area (Å²) in [5.74, 6) is -0.461. The minimum Gasteiger partial charge on any atom is -0.319 e. The van der Waals surface area contributed by atoms with Crippen LogP contribution < -0.4 is 10.0 Å². The Kier molecular flexibility index (Phi) is 5.05. The Hall–Kier alpha value is -2.25. The van der Waals surface area contributed by atoms with E-state index < -0.39 is 21.5 Å². The molecule has 0 aliphatic rings. The number of aromatic nitrogens is 1. The van der Waals surface area contributed by atoms with Crippen LogP contribution in [-0.4, -0.2) is 24.8 Å². The van der Waals surface area contributed by atoms with Gasteiger partial charge in [0.25, 0.3) is 5.91 Å². The highest BCUT2D eigenvalue weighted by Gasteiger charge is 2.25. The van der Waals surface area contributed by atoms with Crippen LogP contribution in [0.1, 0.15) is 37.0 Å². The average molecular weight is 347 g/mol. The van der Waals surface area contributed by atoms with Gasteiger partial charge in [-0.2, -0.15) is 0 Å². The molecule has 0 saturated carbocycles. The number of aryl methyl sites for hydroxylation is 1. The molecule has 0 saturated heterocycles. The third-order valence-electron chi connectivity index (χ3n) is 2.99. The van der Waals surface area contributed by atoms with Gasteiger partial charge in [-0.3, -0.25) is 4.79 Å². The number of nitrogens with one attached hydrogen (secondary N) is 2. The molecule has 0 bridgehead atoms. The molecule has 0 aliphatic carbocycles. The van der Waals surface area contributed by atoms with Crippen LogP contribution in [-0.2, 0) is 10.0 Å². The van der Waals surface area contributed by atoms with E-state index in [4.69, 9.17) is 0 Å². The molecular formula is C17H21N3O3S. The maximum Gasteiger partial charge on any atom is 0.274 e. The summed E-state index contributed by atoms with van der Waals surface area (Å²) in [5.41, 5.74) is 0.514. The topological polar surface area (TPSA) is 88.2 Å². The van der Waals surface area contributed by atoms with Gasteiger partial charge in [0.15, 0.2) is 0 Å². The molecular weight excluding hydrogens is 326 g/mol. The lowest BCUT2D eigenvalue weighted by atomic mass is 10.1. The standard InChI is InChI=1S/C17H21N3O3S/c1-12-8-7-10-14(18-12)16(21)19-13-9-5-6-11-15(13)24(22,23)20-17(2,3)4/h5-11,20H,1-4H3,(H,19,21). The number of hydrogen-bond donors (Lipinski definition) is 2. The molecule has 24 heavy (non-hydrogen) atoms. The van der Waals surface area contributed by atoms with Gasteiger partial charge in [-0.1, -0.05) is 18.2 Å². The Labute approximate surface area is 142 Å². The number of hydrogen-bond acceptors (Lipinski definition) is 4. The Bertz CT molecular complexity index is 855. The molecule has 128 valence electrons. The van der Waals surface area contributed by atoms with Crippen LogP contribution in [0.3, 0.4) is 0 Å². The lowest BCUT2D eigenvalue weighted by Gasteiger charge is -2.21. The highest BCUT2D eigenvalue weighted by molar-refractivity contribution is 7.89. The third kappa shape index (κ3) is 4.62. The van der Waals surface area contributed by atoms with Crippen molar-refractivity contribution in [3.05, 3.63) is 53.9 Å². The molecule has 1 aromatic carbocycles. The zero-order valence-corrected chi connectivity index (χ0v) is 14.9. The summed E-state index contributed by atoms with van der Waals surface area (Å²) in [5, 5.41) is 2.63. The van der Waals surface area contributed by atoms with Gasteiger partial charge >= 0.3 is 0 Å². The lowest BCUT2D eigenvalue weighted by molar-refractivity contribution is 0.102. The molecule has 0 aliphatic heterocycles. The smallest absolute Gasteiger partial charge is 0.274 e. The van der Waals surface area contributed by atoms with Crippen LogP contribution in [0.25, 0.3) is 0 Å². The minimum atomic E-state index is -3.77. The molecule has 0 unspecified atom stereocenters. The minimum absolute atomic E-state index is 0.0147. The molecule has 2 aromatic rings. The number of rotatable bonds is 4. The summed E-state index contributed by atoms with van der Waals surface area (Å²) >= 11 is 0. The number of sulfonamides is 1. The number of pyridine rings is 1. The number of benzene rings is 1. The predicted molar refractivity (Wildman–Crippen MR) is 93.4 cm³/mol. The normalized spacial score (nSPS) is 12.0. The fraction of sp³-hybridized carbons (Fsp3) is 0.294. The highest BCUT2D eigenvalue weighted by Crippen LogP contribution is 2.22. The molecule has 0 atom stereocenters. The van der Waals surface area contributed by atoms with Gasteiger partial charge in [0.05, 0.1) is 5.69 Å². The van der Waals surface area contributed by atoms with Crippen molar-refractivity contribution in [3.63, 3.8) is 0 Å². The predicted octanol–water partition coefficient (Wildman–Crippen LogP) is 2.72. The zero-order chi connectivity index (χ0) is 18.0. The van der Waals surface area contributed by atoms with Crippen molar-refractivity contribution < 1.29 is 13.2 Å². The van der Waals surface area contributed by atoms with Gasteiger partial charge in [0.2, 0.25) is 10.0 Å². The summed E-state index contributed by atoms with van der Waals surface area (Å²) in [6.07, 6.45) is 0. The van der Waals surface area contributed by atoms with Crippen LogP contribution in [0.2, 0.25) is 0 Å². The number of amides is 1. The third-order valence-corrected chi connectivity index (χ3v) is 4.80. The summed E-state index contributed by atoms with van der Waals surface area (Å²) in [4.78, 5) is 16.5. The Morgan fingerprint density at radius 2 is 1.71 bits per heavy atom. The molecule has 0 radical (unpaired) electrons. The van der Waals surface area contributed by atoms with Gasteiger partial charge in [0, 0.05) is 11.2 Å². The molecule has 6 nitrogen and oxygen atoms in total. The van der Waals surface area contributed by atoms with Crippen molar-refractivity contribution >= 4 is 21.6 Å². The van der Waals surface area contributed by atoms with Crippen LogP contribution >= 0.6 is 0 Å². The maximum absolute atomic E-state index is 12.6. The van der Waals surface area contributed by atoms with Crippen LogP contribution in [0, 0.1) is 6.92 Å². The van der Waals surface area contributed by atoms with E-state index in [2.05, 4.69) is 15.0 Å². The molecule has 7 heteroatoms. The Morgan fingerprint density at radius 1 is 1.04 bits per heavy atom. The average Bonchev–Trinajstić information content (AvgIpc) is 2.45. The Balaban J connectivity index is 2.34. The quantitative estimate of drug-likeness (QED) is 0.890. The van der Waals surface area contributed by atoms with E-state index in [1.54, 1.807) is 64.1 Å². The van der Waals surface area contributed by atoms with E-state index in [-0.39, 0.29) is 16.3 Å². The second kappa shape index (κ2) is 6.70. The van der Waals surface area contributed by atoms with Crippen molar-refractivity contribution in [2.45, 2.75) is 38.1 Å². The van der Waals surface area contributed by atoms with E-state index >= 15 is 0 Å². The second-order valence-corrected chi connectivity index (χ2v) is 8.12. The van der Waals surface area contributed by atoms with Crippen molar-refractivity contribution in [1.29, 1.82) is 0 Å². The fourth-order valence-corrected chi connectivity index (χ4v) is 3.70. The van der Waals surface area contributed by atoms with Crippen molar-refractivity contribution in [3.8, 4) is 0 Å². The summed E-state index contributed by atoms with van der Waals surface area (Å²) < 4.78 is 27.7. The van der Waals surface area contributed by atoms with E-state index in [0.717, 1.165) is 0 Å². The first-order valence-electron chi connectivity index (χ1n) is 7.46. The number of carbonyl (C=O) groups excluding carboxylic acids is 1. The van der Waals surface area contributed by atoms with E-state index in [0.29, 0.717) is 5.69 Å². The van der Waals surface area contributed by atoms with Crippen molar-refractivity contribution in [2.24, 2.45) is 0 Å². The van der Waals surface area contributed by atoms with Gasteiger partial charge in [-0.05, 0) is 52.0 Å². The Morgan fingerprint density at radius 3 is 2.33 bits per heavy atom. The summed E-state index contributed by atoms with van der Waals surface area (Å²) in [6, 6.07) is 11.3. The molecule has 1 amide bonds. The van der Waals surface area contributed by atoms with Gasteiger partial charge in [0.1, 0.15) is 10.6 Å². The highest BCUT2D eigenvalue weighted by atomic mass is 32.2. The maximum atomic E-state index is 12.6. The van der Waals surface area contributed by atoms with Gasteiger partial charge in [-0.15, -0.1) is 0 Å². The summed E-state index contributed by atoms with van der Waals surface area (Å²) in [6.45, 7) is 7.04. The van der Waals surface area contributed by atoms with Gasteiger partial charge < -0.3 is 5.32 Å². The zero-order valence-electron chi connectivity index (χ0n) is 14.1. The largest absolute Gasteiger partial charge is 0.319 e. The fourth-order valence-electron chi connectivity index (χ4n) is 2.12. The number of anilines is 1. The van der Waals surface area contributed by atoms with Crippen molar-refractivity contribution in [2.75, 3.05) is 5.32 Å². The first kappa shape index (κ1) is 18.1. The number of nitrogens with zero attached hydrogens (tertiary/aromatic N) is 1. The van der Waals surface area contributed by atoms with Crippen molar-refractivity contribution in [1.82, 2.24) is 9.71 Å². The first-order valence-corrected chi connectivity index (χ1v) is 8.95. The first-order chi connectivity index (χ1) is 11.1.